The zero-order chi connectivity index (χ0) is 18.8. The predicted molar refractivity (Wildman–Crippen MR) is 109 cm³/mol. The molecule has 1 fully saturated rings. The molecule has 3 aromatic rings. The fraction of sp³-hybridized carbons (Fsp3) is 0.333. The van der Waals surface area contributed by atoms with Gasteiger partial charge in [-0.2, -0.15) is 0 Å². The fourth-order valence-electron chi connectivity index (χ4n) is 3.89. The van der Waals surface area contributed by atoms with E-state index in [1.54, 1.807) is 7.11 Å². The van der Waals surface area contributed by atoms with Crippen LogP contribution in [0.25, 0.3) is 11.0 Å². The summed E-state index contributed by atoms with van der Waals surface area (Å²) in [6, 6.07) is 14.7. The second-order valence-electron chi connectivity index (χ2n) is 6.99. The smallest absolute Gasteiger partial charge is 0.171 e. The zero-order valence-corrected chi connectivity index (χ0v) is 16.1. The molecule has 0 saturated carbocycles. The molecule has 0 aliphatic carbocycles. The molecule has 5 nitrogen and oxygen atoms in total. The van der Waals surface area contributed by atoms with E-state index in [0.717, 1.165) is 38.2 Å². The third kappa shape index (κ3) is 3.70. The molecule has 0 amide bonds. The lowest BCUT2D eigenvalue weighted by Crippen LogP contribution is -2.32. The van der Waals surface area contributed by atoms with Crippen LogP contribution in [0.3, 0.4) is 0 Å². The fourth-order valence-corrected chi connectivity index (χ4v) is 4.01. The highest BCUT2D eigenvalue weighted by molar-refractivity contribution is 6.31. The van der Waals surface area contributed by atoms with Gasteiger partial charge in [-0.05, 0) is 49.0 Å². The number of rotatable bonds is 4. The van der Waals surface area contributed by atoms with Gasteiger partial charge >= 0.3 is 0 Å². The lowest BCUT2D eigenvalue weighted by molar-refractivity contribution is 0.203. The Balaban J connectivity index is 1.54. The maximum Gasteiger partial charge on any atom is 0.171 e. The monoisotopic (exact) mass is 382 g/mol. The Morgan fingerprint density at radius 3 is 2.56 bits per heavy atom. The molecular weight excluding hydrogens is 360 g/mol. The molecule has 0 unspecified atom stereocenters. The van der Waals surface area contributed by atoms with Crippen molar-refractivity contribution >= 4 is 28.5 Å². The second-order valence-corrected chi connectivity index (χ2v) is 7.35. The number of methoxy groups -OCH3 is 1. The molecule has 0 radical (unpaired) electrons. The van der Waals surface area contributed by atoms with Gasteiger partial charge in [-0.1, -0.05) is 48.0 Å². The third-order valence-corrected chi connectivity index (χ3v) is 5.56. The summed E-state index contributed by atoms with van der Waals surface area (Å²) >= 11 is 6.09. The number of ether oxygens (including phenoxy) is 1. The predicted octanol–water partition coefficient (Wildman–Crippen LogP) is 4.25. The quantitative estimate of drug-likeness (QED) is 0.730. The van der Waals surface area contributed by atoms with Crippen LogP contribution in [-0.4, -0.2) is 35.1 Å². The molecule has 27 heavy (non-hydrogen) atoms. The van der Waals surface area contributed by atoms with Crippen molar-refractivity contribution < 1.29 is 4.74 Å². The highest BCUT2D eigenvalue weighted by atomic mass is 35.5. The van der Waals surface area contributed by atoms with Crippen molar-refractivity contribution in [1.82, 2.24) is 14.9 Å². The highest BCUT2D eigenvalue weighted by Gasteiger charge is 2.25. The van der Waals surface area contributed by atoms with Gasteiger partial charge in [-0.15, -0.1) is 0 Å². The van der Waals surface area contributed by atoms with Gasteiger partial charge < -0.3 is 10.5 Å². The van der Waals surface area contributed by atoms with E-state index < -0.39 is 0 Å². The van der Waals surface area contributed by atoms with Crippen LogP contribution in [0.15, 0.2) is 42.5 Å². The van der Waals surface area contributed by atoms with E-state index >= 15 is 0 Å². The van der Waals surface area contributed by atoms with Crippen molar-refractivity contribution in [2.45, 2.75) is 25.3 Å². The maximum absolute atomic E-state index is 6.09. The first kappa shape index (κ1) is 18.0. The zero-order valence-electron chi connectivity index (χ0n) is 15.4. The molecule has 1 aliphatic heterocycles. The molecule has 1 aromatic heterocycles. The Morgan fingerprint density at radius 2 is 1.85 bits per heavy atom. The first-order valence-corrected chi connectivity index (χ1v) is 9.59. The number of nitrogen functional groups attached to an aromatic ring is 1. The van der Waals surface area contributed by atoms with Crippen LogP contribution < -0.4 is 10.5 Å². The Labute approximate surface area is 164 Å². The number of hydrogen-bond donors (Lipinski definition) is 1. The Kier molecular flexibility index (Phi) is 5.14. The molecule has 0 atom stereocenters. The van der Waals surface area contributed by atoms with Crippen molar-refractivity contribution in [3.05, 3.63) is 58.7 Å². The summed E-state index contributed by atoms with van der Waals surface area (Å²) in [7, 11) is 1.68. The summed E-state index contributed by atoms with van der Waals surface area (Å²) in [6.45, 7) is 3.13. The number of anilines is 1. The highest BCUT2D eigenvalue weighted by Crippen LogP contribution is 2.38. The minimum atomic E-state index is 0.218. The molecule has 6 heteroatoms. The third-order valence-electron chi connectivity index (χ3n) is 5.28. The molecule has 1 aliphatic rings. The normalized spacial score (nSPS) is 15.9. The first-order valence-electron chi connectivity index (χ1n) is 9.21. The molecular formula is C21H23ClN4O. The van der Waals surface area contributed by atoms with Crippen LogP contribution in [-0.2, 0) is 6.54 Å². The second kappa shape index (κ2) is 7.71. The summed E-state index contributed by atoms with van der Waals surface area (Å²) in [5, 5.41) is 0.218. The van der Waals surface area contributed by atoms with Gasteiger partial charge in [0.2, 0.25) is 0 Å². The maximum atomic E-state index is 6.09. The van der Waals surface area contributed by atoms with Crippen molar-refractivity contribution in [1.29, 1.82) is 0 Å². The van der Waals surface area contributed by atoms with Crippen molar-refractivity contribution in [2.24, 2.45) is 0 Å². The lowest BCUT2D eigenvalue weighted by Gasteiger charge is -2.32. The van der Waals surface area contributed by atoms with E-state index in [2.05, 4.69) is 51.3 Å². The molecule has 4 rings (SSSR count). The summed E-state index contributed by atoms with van der Waals surface area (Å²) in [5.41, 5.74) is 9.72. The van der Waals surface area contributed by atoms with Gasteiger partial charge in [-0.25, -0.2) is 9.97 Å². The van der Waals surface area contributed by atoms with Gasteiger partial charge in [0.1, 0.15) is 11.3 Å². The number of fused-ring (bicyclic) bond motifs is 1. The van der Waals surface area contributed by atoms with Crippen LogP contribution in [0.2, 0.25) is 5.15 Å². The van der Waals surface area contributed by atoms with E-state index in [-0.39, 0.29) is 11.0 Å². The average molecular weight is 383 g/mol. The molecule has 1 saturated heterocycles. The summed E-state index contributed by atoms with van der Waals surface area (Å²) in [4.78, 5) is 11.2. The first-order chi connectivity index (χ1) is 13.2. The van der Waals surface area contributed by atoms with E-state index in [9.17, 15) is 0 Å². The Hall–Kier alpha value is -2.37. The van der Waals surface area contributed by atoms with Crippen LogP contribution >= 0.6 is 11.6 Å². The van der Waals surface area contributed by atoms with Crippen molar-refractivity contribution in [3.8, 4) is 5.75 Å². The summed E-state index contributed by atoms with van der Waals surface area (Å²) in [6.07, 6.45) is 2.18. The molecule has 0 bridgehead atoms. The standard InChI is InChI=1S/C21H23ClN4O/c1-27-19-16(7-8-17-18(19)25-20(22)21(23)24-17)15-9-11-26(12-10-15)13-14-5-3-2-4-6-14/h2-8,15H,9-13H2,1H3,(H2,23,24). The molecule has 140 valence electrons. The van der Waals surface area contributed by atoms with E-state index in [1.807, 2.05) is 6.07 Å². The van der Waals surface area contributed by atoms with Crippen LogP contribution in [0.1, 0.15) is 29.9 Å². The van der Waals surface area contributed by atoms with Gasteiger partial charge in [0.25, 0.3) is 0 Å². The number of nitrogens with two attached hydrogens (primary N) is 1. The number of benzene rings is 2. The van der Waals surface area contributed by atoms with Gasteiger partial charge in [0.15, 0.2) is 11.0 Å². The summed E-state index contributed by atoms with van der Waals surface area (Å²) in [5.74, 6) is 1.45. The van der Waals surface area contributed by atoms with Gasteiger partial charge in [0, 0.05) is 6.54 Å². The Morgan fingerprint density at radius 1 is 1.11 bits per heavy atom. The van der Waals surface area contributed by atoms with E-state index in [1.165, 1.54) is 11.1 Å². The SMILES string of the molecule is COc1c(C2CCN(Cc3ccccc3)CC2)ccc2nc(N)c(Cl)nc12. The number of hydrogen-bond acceptors (Lipinski definition) is 5. The average Bonchev–Trinajstić information content (AvgIpc) is 2.69. The number of likely N-dealkylation sites (tertiary alicyclic amines) is 1. The van der Waals surface area contributed by atoms with Crippen molar-refractivity contribution in [3.63, 3.8) is 0 Å². The van der Waals surface area contributed by atoms with E-state index in [0.29, 0.717) is 17.0 Å². The molecule has 0 spiro atoms. The van der Waals surface area contributed by atoms with Crippen LogP contribution in [0.4, 0.5) is 5.82 Å². The number of nitrogens with zero attached hydrogens (tertiary/aromatic N) is 3. The van der Waals surface area contributed by atoms with Gasteiger partial charge in [0.05, 0.1) is 12.6 Å². The number of aromatic nitrogens is 2. The number of piperidine rings is 1. The largest absolute Gasteiger partial charge is 0.494 e. The van der Waals surface area contributed by atoms with Crippen LogP contribution in [0, 0.1) is 0 Å². The summed E-state index contributed by atoms with van der Waals surface area (Å²) < 4.78 is 5.71. The Bertz CT molecular complexity index is 940. The minimum absolute atomic E-state index is 0.218. The van der Waals surface area contributed by atoms with Crippen molar-refractivity contribution in [2.75, 3.05) is 25.9 Å². The number of halogens is 1. The molecule has 2 heterocycles. The molecule has 2 aromatic carbocycles. The minimum Gasteiger partial charge on any atom is -0.494 e. The molecule has 2 N–H and O–H groups in total. The topological polar surface area (TPSA) is 64.3 Å². The lowest BCUT2D eigenvalue weighted by atomic mass is 9.88. The van der Waals surface area contributed by atoms with Crippen LogP contribution in [0.5, 0.6) is 5.75 Å². The van der Waals surface area contributed by atoms with Gasteiger partial charge in [-0.3, -0.25) is 4.90 Å². The van der Waals surface area contributed by atoms with E-state index in [4.69, 9.17) is 22.1 Å².